The smallest absolute Gasteiger partial charge is 0.172 e. The van der Waals surface area contributed by atoms with Gasteiger partial charge in [-0.2, -0.15) is 5.10 Å². The summed E-state index contributed by atoms with van der Waals surface area (Å²) in [4.78, 5) is 28.5. The van der Waals surface area contributed by atoms with Gasteiger partial charge in [0.05, 0.1) is 36.8 Å². The maximum atomic E-state index is 13.0. The third-order valence-electron chi connectivity index (χ3n) is 3.55. The highest BCUT2D eigenvalue weighted by Gasteiger charge is 2.16. The predicted octanol–water partition coefficient (Wildman–Crippen LogP) is 2.27. The molecule has 4 aromatic rings. The summed E-state index contributed by atoms with van der Waals surface area (Å²) in [5.74, 6) is 0.108. The zero-order valence-electron chi connectivity index (χ0n) is 13.3. The third-order valence-corrected chi connectivity index (χ3v) is 3.55. The van der Waals surface area contributed by atoms with Crippen molar-refractivity contribution in [2.24, 2.45) is 0 Å². The summed E-state index contributed by atoms with van der Waals surface area (Å²) in [6, 6.07) is 4.30. The molecule has 4 heterocycles. The van der Waals surface area contributed by atoms with Gasteiger partial charge in [-0.05, 0) is 18.2 Å². The van der Waals surface area contributed by atoms with E-state index in [1.165, 1.54) is 41.7 Å². The summed E-state index contributed by atoms with van der Waals surface area (Å²) in [5, 5.41) is 4.06. The molecular formula is C17H11FN6O2. The molecule has 0 N–H and O–H groups in total. The van der Waals surface area contributed by atoms with Crippen molar-refractivity contribution in [1.29, 1.82) is 0 Å². The second kappa shape index (κ2) is 6.63. The van der Waals surface area contributed by atoms with E-state index in [9.17, 15) is 9.18 Å². The first-order valence-electron chi connectivity index (χ1n) is 7.59. The van der Waals surface area contributed by atoms with Crippen molar-refractivity contribution in [3.8, 4) is 11.5 Å². The van der Waals surface area contributed by atoms with E-state index in [4.69, 9.17) is 4.74 Å². The fourth-order valence-corrected chi connectivity index (χ4v) is 2.41. The first kappa shape index (κ1) is 15.8. The Bertz CT molecular complexity index is 1070. The largest absolute Gasteiger partial charge is 0.452 e. The van der Waals surface area contributed by atoms with Crippen LogP contribution < -0.4 is 4.74 Å². The second-order valence-electron chi connectivity index (χ2n) is 5.36. The predicted molar refractivity (Wildman–Crippen MR) is 87.3 cm³/mol. The molecule has 9 heteroatoms. The van der Waals surface area contributed by atoms with Crippen LogP contribution in [0.1, 0.15) is 16.1 Å². The summed E-state index contributed by atoms with van der Waals surface area (Å²) in [5.41, 5.74) is 1.17. The highest BCUT2D eigenvalue weighted by molar-refractivity contribution is 6.02. The van der Waals surface area contributed by atoms with Crippen molar-refractivity contribution in [3.05, 3.63) is 72.7 Å². The van der Waals surface area contributed by atoms with E-state index in [1.807, 2.05) is 0 Å². The average Bonchev–Trinajstić information content (AvgIpc) is 3.12. The highest BCUT2D eigenvalue weighted by atomic mass is 19.1. The Morgan fingerprint density at radius 2 is 1.92 bits per heavy atom. The van der Waals surface area contributed by atoms with Gasteiger partial charge in [-0.25, -0.2) is 23.9 Å². The lowest BCUT2D eigenvalue weighted by atomic mass is 10.1. The van der Waals surface area contributed by atoms with E-state index in [2.05, 4.69) is 25.0 Å². The summed E-state index contributed by atoms with van der Waals surface area (Å²) in [6.07, 6.45) is 8.41. The highest BCUT2D eigenvalue weighted by Crippen LogP contribution is 2.23. The molecule has 0 unspecified atom stereocenters. The number of carbonyl (C=O) groups excluding carboxylic acids is 1. The van der Waals surface area contributed by atoms with Crippen molar-refractivity contribution in [3.63, 3.8) is 0 Å². The molecule has 26 heavy (non-hydrogen) atoms. The van der Waals surface area contributed by atoms with Crippen LogP contribution in [0.3, 0.4) is 0 Å². The Morgan fingerprint density at radius 3 is 2.69 bits per heavy atom. The molecule has 0 spiro atoms. The zero-order chi connectivity index (χ0) is 17.9. The van der Waals surface area contributed by atoms with Gasteiger partial charge in [0.1, 0.15) is 24.2 Å². The molecule has 4 aromatic heterocycles. The molecule has 0 amide bonds. The summed E-state index contributed by atoms with van der Waals surface area (Å²) in [7, 11) is 0. The number of nitrogens with zero attached hydrogens (tertiary/aromatic N) is 6. The minimum absolute atomic E-state index is 0.000696. The molecule has 0 radical (unpaired) electrons. The van der Waals surface area contributed by atoms with E-state index in [-0.39, 0.29) is 12.2 Å². The van der Waals surface area contributed by atoms with E-state index >= 15 is 0 Å². The maximum Gasteiger partial charge on any atom is 0.172 e. The fourth-order valence-electron chi connectivity index (χ4n) is 2.41. The van der Waals surface area contributed by atoms with Crippen molar-refractivity contribution >= 4 is 11.4 Å². The molecule has 4 rings (SSSR count). The molecule has 0 aliphatic rings. The van der Waals surface area contributed by atoms with Crippen LogP contribution in [-0.2, 0) is 6.42 Å². The van der Waals surface area contributed by atoms with Gasteiger partial charge >= 0.3 is 0 Å². The van der Waals surface area contributed by atoms with Crippen LogP contribution in [-0.4, -0.2) is 35.3 Å². The maximum absolute atomic E-state index is 13.0. The number of pyridine rings is 2. The number of Topliss-reactive ketones (excluding diaryl/α,β-unsaturated/α-hetero) is 1. The van der Waals surface area contributed by atoms with Crippen LogP contribution in [0.15, 0.2) is 55.6 Å². The molecule has 0 aliphatic heterocycles. The molecule has 128 valence electrons. The van der Waals surface area contributed by atoms with Crippen LogP contribution in [0.25, 0.3) is 5.65 Å². The molecule has 8 nitrogen and oxygen atoms in total. The zero-order valence-corrected chi connectivity index (χ0v) is 13.3. The average molecular weight is 350 g/mol. The van der Waals surface area contributed by atoms with E-state index < -0.39 is 5.82 Å². The van der Waals surface area contributed by atoms with E-state index in [0.717, 1.165) is 6.20 Å². The number of carbonyl (C=O) groups is 1. The van der Waals surface area contributed by atoms with Gasteiger partial charge in [0, 0.05) is 5.69 Å². The topological polar surface area (TPSA) is 95.2 Å². The number of aromatic nitrogens is 6. The van der Waals surface area contributed by atoms with Crippen LogP contribution >= 0.6 is 0 Å². The first-order chi connectivity index (χ1) is 12.7. The van der Waals surface area contributed by atoms with Gasteiger partial charge in [0.15, 0.2) is 17.2 Å². The van der Waals surface area contributed by atoms with Gasteiger partial charge in [-0.3, -0.25) is 9.78 Å². The van der Waals surface area contributed by atoms with Gasteiger partial charge < -0.3 is 4.74 Å². The molecule has 0 aliphatic carbocycles. The van der Waals surface area contributed by atoms with Crippen LogP contribution in [0.2, 0.25) is 0 Å². The summed E-state index contributed by atoms with van der Waals surface area (Å²) in [6.45, 7) is 0. The fraction of sp³-hybridized carbons (Fsp3) is 0.0588. The van der Waals surface area contributed by atoms with Crippen molar-refractivity contribution in [1.82, 2.24) is 29.5 Å². The quantitative estimate of drug-likeness (QED) is 0.510. The first-order valence-corrected chi connectivity index (χ1v) is 7.59. The van der Waals surface area contributed by atoms with Crippen molar-refractivity contribution in [2.75, 3.05) is 0 Å². The number of hydrogen-bond acceptors (Lipinski definition) is 7. The number of ether oxygens (including phenoxy) is 1. The Balaban J connectivity index is 1.67. The van der Waals surface area contributed by atoms with Gasteiger partial charge in [0.2, 0.25) is 0 Å². The molecule has 0 saturated carbocycles. The molecule has 0 atom stereocenters. The summed E-state index contributed by atoms with van der Waals surface area (Å²) < 4.78 is 20.1. The molecule has 0 fully saturated rings. The second-order valence-corrected chi connectivity index (χ2v) is 5.36. The van der Waals surface area contributed by atoms with E-state index in [0.29, 0.717) is 28.4 Å². The normalized spacial score (nSPS) is 10.8. The standard InChI is InChI=1S/C17H11FN6O2/c18-11-1-2-12(21-5-11)3-16(25)15-4-13(8-24-17(15)22-10-23-24)26-14-6-19-9-20-7-14/h1-2,4-10H,3H2. The van der Waals surface area contributed by atoms with Crippen LogP contribution in [0.4, 0.5) is 4.39 Å². The van der Waals surface area contributed by atoms with Crippen molar-refractivity contribution < 1.29 is 13.9 Å². The Hall–Kier alpha value is -3.75. The Kier molecular flexibility index (Phi) is 4.02. The SMILES string of the molecule is O=C(Cc1ccc(F)cn1)c1cc(Oc2cncnc2)cn2ncnc12. The lowest BCUT2D eigenvalue weighted by Crippen LogP contribution is -2.08. The van der Waals surface area contributed by atoms with Gasteiger partial charge in [0.25, 0.3) is 0 Å². The van der Waals surface area contributed by atoms with E-state index in [1.54, 1.807) is 12.3 Å². The minimum atomic E-state index is -0.457. The minimum Gasteiger partial charge on any atom is -0.452 e. The number of ketones is 1. The Morgan fingerprint density at radius 1 is 1.08 bits per heavy atom. The number of fused-ring (bicyclic) bond motifs is 1. The monoisotopic (exact) mass is 350 g/mol. The number of halogens is 1. The van der Waals surface area contributed by atoms with Gasteiger partial charge in [-0.1, -0.05) is 0 Å². The van der Waals surface area contributed by atoms with Crippen LogP contribution in [0, 0.1) is 5.82 Å². The molecular weight excluding hydrogens is 339 g/mol. The lowest BCUT2D eigenvalue weighted by molar-refractivity contribution is 0.0992. The molecule has 0 bridgehead atoms. The number of rotatable bonds is 5. The van der Waals surface area contributed by atoms with Crippen LogP contribution in [0.5, 0.6) is 11.5 Å². The number of hydrogen-bond donors (Lipinski definition) is 0. The summed E-state index contributed by atoms with van der Waals surface area (Å²) >= 11 is 0. The molecule has 0 aromatic carbocycles. The Labute approximate surface area is 146 Å². The molecule has 0 saturated heterocycles. The third kappa shape index (κ3) is 3.22. The lowest BCUT2D eigenvalue weighted by Gasteiger charge is -2.08. The van der Waals surface area contributed by atoms with Gasteiger partial charge in [-0.15, -0.1) is 0 Å². The van der Waals surface area contributed by atoms with Crippen molar-refractivity contribution in [2.45, 2.75) is 6.42 Å².